The summed E-state index contributed by atoms with van der Waals surface area (Å²) in [6.07, 6.45) is 5.32. The van der Waals surface area contributed by atoms with Gasteiger partial charge in [-0.1, -0.05) is 6.92 Å². The number of piperidine rings is 1. The van der Waals surface area contributed by atoms with E-state index in [1.807, 2.05) is 36.1 Å². The highest BCUT2D eigenvalue weighted by atomic mass is 19.1. The van der Waals surface area contributed by atoms with Crippen LogP contribution in [0.1, 0.15) is 42.4 Å². The van der Waals surface area contributed by atoms with E-state index in [1.54, 1.807) is 29.5 Å². The second-order valence-corrected chi connectivity index (χ2v) is 9.48. The lowest BCUT2D eigenvalue weighted by molar-refractivity contribution is -0.137. The smallest absolute Gasteiger partial charge is 0.305 e. The lowest BCUT2D eigenvalue weighted by Crippen LogP contribution is -2.38. The Hall–Kier alpha value is -4.34. The molecule has 1 aromatic heterocycles. The molecule has 2 unspecified atom stereocenters. The van der Waals surface area contributed by atoms with Gasteiger partial charge in [0.15, 0.2) is 5.82 Å². The lowest BCUT2D eigenvalue weighted by atomic mass is 9.94. The molecule has 1 fully saturated rings. The van der Waals surface area contributed by atoms with Crippen molar-refractivity contribution in [1.82, 2.24) is 9.97 Å². The molecule has 3 heterocycles. The van der Waals surface area contributed by atoms with Crippen LogP contribution in [-0.4, -0.2) is 58.3 Å². The van der Waals surface area contributed by atoms with Crippen molar-refractivity contribution in [3.8, 4) is 5.75 Å². The molecule has 2 atom stereocenters. The van der Waals surface area contributed by atoms with Crippen molar-refractivity contribution in [1.29, 1.82) is 0 Å². The van der Waals surface area contributed by atoms with Gasteiger partial charge in [-0.25, -0.2) is 14.4 Å². The van der Waals surface area contributed by atoms with E-state index < -0.39 is 5.97 Å². The predicted molar refractivity (Wildman–Crippen MR) is 140 cm³/mol. The molecule has 3 aromatic rings. The van der Waals surface area contributed by atoms with Crippen LogP contribution in [0.4, 0.5) is 15.8 Å². The molecule has 1 saturated heterocycles. The van der Waals surface area contributed by atoms with Gasteiger partial charge in [-0.3, -0.25) is 14.6 Å². The van der Waals surface area contributed by atoms with Crippen LogP contribution < -0.4 is 14.6 Å². The highest BCUT2D eigenvalue weighted by Gasteiger charge is 2.38. The maximum Gasteiger partial charge on any atom is 0.305 e. The zero-order valence-corrected chi connectivity index (χ0v) is 20.9. The molecule has 1 N–H and O–H groups in total. The molecule has 0 amide bonds. The number of ether oxygens (including phenoxy) is 1. The van der Waals surface area contributed by atoms with Gasteiger partial charge in [-0.2, -0.15) is 5.10 Å². The van der Waals surface area contributed by atoms with E-state index in [0.29, 0.717) is 54.5 Å². The lowest BCUT2D eigenvalue weighted by Gasteiger charge is -2.34. The number of benzene rings is 2. The molecule has 0 radical (unpaired) electrons. The molecule has 0 spiro atoms. The fourth-order valence-electron chi connectivity index (χ4n) is 4.98. The fraction of sp³-hybridized carbons (Fsp3) is 0.321. The molecular formula is C28H28FN5O4. The van der Waals surface area contributed by atoms with Gasteiger partial charge in [-0.15, -0.1) is 0 Å². The zero-order chi connectivity index (χ0) is 26.6. The highest BCUT2D eigenvalue weighted by Crippen LogP contribution is 2.33. The van der Waals surface area contributed by atoms with Gasteiger partial charge >= 0.3 is 5.97 Å². The molecule has 2 aromatic carbocycles. The minimum atomic E-state index is -0.902. The summed E-state index contributed by atoms with van der Waals surface area (Å²) >= 11 is 0. The van der Waals surface area contributed by atoms with Crippen molar-refractivity contribution in [2.24, 2.45) is 11.0 Å². The summed E-state index contributed by atoms with van der Waals surface area (Å²) in [7, 11) is 0. The SMILES string of the molecule is CC1C(c2ncccn2)=NN(c2ccc(OC3CCN(c4cc(C=O)ccc4F)CC3)cc2)C1CC(=O)O. The summed E-state index contributed by atoms with van der Waals surface area (Å²) in [6, 6.07) is 13.2. The number of carbonyl (C=O) groups excluding carboxylic acids is 1. The number of nitrogens with zero attached hydrogens (tertiary/aromatic N) is 5. The Balaban J connectivity index is 1.25. The van der Waals surface area contributed by atoms with Gasteiger partial charge in [0.25, 0.3) is 0 Å². The first-order valence-corrected chi connectivity index (χ1v) is 12.6. The van der Waals surface area contributed by atoms with Crippen LogP contribution in [0.15, 0.2) is 66.0 Å². The summed E-state index contributed by atoms with van der Waals surface area (Å²) in [5.41, 5.74) is 2.29. The Morgan fingerprint density at radius 2 is 1.84 bits per heavy atom. The zero-order valence-electron chi connectivity index (χ0n) is 20.9. The van der Waals surface area contributed by atoms with Crippen molar-refractivity contribution in [3.63, 3.8) is 0 Å². The molecule has 0 aliphatic carbocycles. The molecule has 2 aliphatic rings. The van der Waals surface area contributed by atoms with Gasteiger partial charge in [0.05, 0.1) is 23.8 Å². The maximum absolute atomic E-state index is 14.3. The number of rotatable bonds is 8. The Morgan fingerprint density at radius 3 is 2.50 bits per heavy atom. The molecule has 196 valence electrons. The Morgan fingerprint density at radius 1 is 1.13 bits per heavy atom. The number of halogens is 1. The largest absolute Gasteiger partial charge is 0.490 e. The number of anilines is 2. The van der Waals surface area contributed by atoms with E-state index in [9.17, 15) is 19.1 Å². The molecular weight excluding hydrogens is 489 g/mol. The van der Waals surface area contributed by atoms with E-state index in [2.05, 4.69) is 9.97 Å². The van der Waals surface area contributed by atoms with E-state index in [0.717, 1.165) is 12.0 Å². The molecule has 9 nitrogen and oxygen atoms in total. The van der Waals surface area contributed by atoms with E-state index in [-0.39, 0.29) is 30.3 Å². The Bertz CT molecular complexity index is 1330. The maximum atomic E-state index is 14.3. The molecule has 10 heteroatoms. The number of hydrogen-bond acceptors (Lipinski definition) is 8. The van der Waals surface area contributed by atoms with E-state index >= 15 is 0 Å². The predicted octanol–water partition coefficient (Wildman–Crippen LogP) is 4.18. The summed E-state index contributed by atoms with van der Waals surface area (Å²) in [5, 5.41) is 15.9. The normalized spacial score (nSPS) is 19.8. The Kier molecular flexibility index (Phi) is 7.30. The van der Waals surface area contributed by atoms with Crippen molar-refractivity contribution in [2.75, 3.05) is 23.0 Å². The van der Waals surface area contributed by atoms with Gasteiger partial charge in [0.1, 0.15) is 29.7 Å². The number of carboxylic acids is 1. The van der Waals surface area contributed by atoms with Gasteiger partial charge in [0, 0.05) is 49.8 Å². The summed E-state index contributed by atoms with van der Waals surface area (Å²) < 4.78 is 20.5. The van der Waals surface area contributed by atoms with Crippen LogP contribution in [0.2, 0.25) is 0 Å². The van der Waals surface area contributed by atoms with Crippen molar-refractivity contribution in [2.45, 2.75) is 38.3 Å². The summed E-state index contributed by atoms with van der Waals surface area (Å²) in [4.78, 5) is 33.2. The van der Waals surface area contributed by atoms with Crippen molar-refractivity contribution in [3.05, 3.63) is 78.1 Å². The summed E-state index contributed by atoms with van der Waals surface area (Å²) in [6.45, 7) is 3.17. The number of aliphatic carboxylic acids is 1. The third-order valence-electron chi connectivity index (χ3n) is 7.01. The molecule has 38 heavy (non-hydrogen) atoms. The minimum absolute atomic E-state index is 0.0270. The van der Waals surface area contributed by atoms with Crippen LogP contribution >= 0.6 is 0 Å². The molecule has 0 saturated carbocycles. The first-order chi connectivity index (χ1) is 18.4. The second-order valence-electron chi connectivity index (χ2n) is 9.48. The quantitative estimate of drug-likeness (QED) is 0.444. The van der Waals surface area contributed by atoms with Crippen LogP contribution in [-0.2, 0) is 4.79 Å². The van der Waals surface area contributed by atoms with Crippen molar-refractivity contribution < 1.29 is 23.8 Å². The second kappa shape index (κ2) is 11.0. The topological polar surface area (TPSA) is 108 Å². The minimum Gasteiger partial charge on any atom is -0.490 e. The van der Waals surface area contributed by atoms with Crippen LogP contribution in [0.5, 0.6) is 5.75 Å². The molecule has 0 bridgehead atoms. The first-order valence-electron chi connectivity index (χ1n) is 12.6. The van der Waals surface area contributed by atoms with E-state index in [1.165, 1.54) is 12.1 Å². The third-order valence-corrected chi connectivity index (χ3v) is 7.01. The highest BCUT2D eigenvalue weighted by molar-refractivity contribution is 6.02. The van der Waals surface area contributed by atoms with Crippen LogP contribution in [0, 0.1) is 11.7 Å². The summed E-state index contributed by atoms with van der Waals surface area (Å²) in [5.74, 6) is -0.235. The number of hydrogen-bond donors (Lipinski definition) is 1. The average molecular weight is 518 g/mol. The third kappa shape index (κ3) is 5.34. The van der Waals surface area contributed by atoms with Gasteiger partial charge < -0.3 is 14.7 Å². The molecule has 5 rings (SSSR count). The van der Waals surface area contributed by atoms with E-state index in [4.69, 9.17) is 9.84 Å². The van der Waals surface area contributed by atoms with Crippen molar-refractivity contribution >= 4 is 29.3 Å². The Labute approximate surface area is 219 Å². The van der Waals surface area contributed by atoms with Gasteiger partial charge in [0.2, 0.25) is 0 Å². The standard InChI is InChI=1S/C28H28FN5O4/c1-18-24(16-26(36)37)34(32-27(18)28-30-11-2-12-31-28)20-4-6-21(7-5-20)38-22-9-13-33(14-10-22)25-15-19(17-35)3-8-23(25)29/h2-8,11-12,15,17-18,22,24H,9-10,13-14,16H2,1H3,(H,36,37). The van der Waals surface area contributed by atoms with Gasteiger partial charge in [-0.05, 0) is 48.5 Å². The number of carbonyl (C=O) groups is 2. The fourth-order valence-corrected chi connectivity index (χ4v) is 4.98. The number of aldehydes is 1. The average Bonchev–Trinajstić information content (AvgIpc) is 3.25. The monoisotopic (exact) mass is 517 g/mol. The molecule has 2 aliphatic heterocycles. The number of hydrazone groups is 1. The van der Waals surface area contributed by atoms with Crippen LogP contribution in [0.3, 0.4) is 0 Å². The number of aromatic nitrogens is 2. The number of carboxylic acid groups (broad SMARTS) is 1. The van der Waals surface area contributed by atoms with Crippen LogP contribution in [0.25, 0.3) is 0 Å². The first kappa shape index (κ1) is 25.3.